The molecule has 2 aliphatic heterocycles. The van der Waals surface area contributed by atoms with E-state index in [0.29, 0.717) is 6.54 Å². The Bertz CT molecular complexity index is 410. The molecule has 4 rings (SSSR count). The van der Waals surface area contributed by atoms with Crippen LogP contribution < -0.4 is 10.2 Å². The SMILES string of the molecule is OC1CNC(c2ccc(N3CC4CC4C3)nc2)C1. The van der Waals surface area contributed by atoms with Crippen molar-refractivity contribution in [2.24, 2.45) is 11.8 Å². The number of piperidine rings is 1. The maximum absolute atomic E-state index is 9.53. The number of nitrogens with one attached hydrogen (secondary N) is 1. The summed E-state index contributed by atoms with van der Waals surface area (Å²) in [4.78, 5) is 6.99. The summed E-state index contributed by atoms with van der Waals surface area (Å²) in [5.41, 5.74) is 1.19. The van der Waals surface area contributed by atoms with Crippen LogP contribution in [0.3, 0.4) is 0 Å². The molecule has 96 valence electrons. The van der Waals surface area contributed by atoms with E-state index in [1.54, 1.807) is 0 Å². The van der Waals surface area contributed by atoms with Crippen molar-refractivity contribution in [1.82, 2.24) is 10.3 Å². The minimum absolute atomic E-state index is 0.208. The van der Waals surface area contributed by atoms with Crippen LogP contribution in [-0.2, 0) is 0 Å². The van der Waals surface area contributed by atoms with Gasteiger partial charge in [0.25, 0.3) is 0 Å². The molecule has 0 radical (unpaired) electrons. The minimum Gasteiger partial charge on any atom is -0.392 e. The molecule has 1 saturated carbocycles. The summed E-state index contributed by atoms with van der Waals surface area (Å²) in [7, 11) is 0. The summed E-state index contributed by atoms with van der Waals surface area (Å²) in [6.45, 7) is 3.08. The molecule has 3 heterocycles. The molecule has 3 aliphatic rings. The number of β-amino-alcohol motifs (C(OH)–C–C–N with tert-alkyl or cyclic N) is 1. The van der Waals surface area contributed by atoms with Gasteiger partial charge in [0.15, 0.2) is 0 Å². The lowest BCUT2D eigenvalue weighted by Crippen LogP contribution is -2.23. The van der Waals surface area contributed by atoms with Crippen LogP contribution in [0.25, 0.3) is 0 Å². The Balaban J connectivity index is 1.47. The number of fused-ring (bicyclic) bond motifs is 1. The van der Waals surface area contributed by atoms with Crippen molar-refractivity contribution in [3.63, 3.8) is 0 Å². The summed E-state index contributed by atoms with van der Waals surface area (Å²) in [6.07, 6.45) is 3.99. The van der Waals surface area contributed by atoms with E-state index in [1.807, 2.05) is 6.20 Å². The Morgan fingerprint density at radius 3 is 2.67 bits per heavy atom. The highest BCUT2D eigenvalue weighted by Gasteiger charge is 2.45. The summed E-state index contributed by atoms with van der Waals surface area (Å²) in [6, 6.07) is 4.56. The standard InChI is InChI=1S/C14H19N3O/c18-12-4-13(15-6-12)9-1-2-14(16-5-9)17-7-10-3-11(10)8-17/h1-2,5,10-13,15,18H,3-4,6-8H2. The van der Waals surface area contributed by atoms with E-state index >= 15 is 0 Å². The summed E-state index contributed by atoms with van der Waals surface area (Å²) >= 11 is 0. The van der Waals surface area contributed by atoms with Gasteiger partial charge in [0.05, 0.1) is 6.10 Å². The molecule has 4 unspecified atom stereocenters. The van der Waals surface area contributed by atoms with Crippen LogP contribution in [0.5, 0.6) is 0 Å². The van der Waals surface area contributed by atoms with E-state index in [0.717, 1.165) is 24.1 Å². The third kappa shape index (κ3) is 1.80. The molecule has 4 atom stereocenters. The first-order valence-corrected chi connectivity index (χ1v) is 6.92. The van der Waals surface area contributed by atoms with Gasteiger partial charge < -0.3 is 15.3 Å². The van der Waals surface area contributed by atoms with Crippen molar-refractivity contribution in [1.29, 1.82) is 0 Å². The molecule has 4 heteroatoms. The van der Waals surface area contributed by atoms with Crippen LogP contribution in [0.15, 0.2) is 18.3 Å². The molecule has 0 aromatic carbocycles. The molecule has 2 saturated heterocycles. The van der Waals surface area contributed by atoms with Crippen molar-refractivity contribution in [2.75, 3.05) is 24.5 Å². The fourth-order valence-electron chi connectivity index (χ4n) is 3.35. The smallest absolute Gasteiger partial charge is 0.128 e. The third-order valence-corrected chi connectivity index (χ3v) is 4.58. The number of aromatic nitrogens is 1. The van der Waals surface area contributed by atoms with Crippen LogP contribution >= 0.6 is 0 Å². The van der Waals surface area contributed by atoms with Crippen molar-refractivity contribution in [2.45, 2.75) is 25.0 Å². The monoisotopic (exact) mass is 245 g/mol. The van der Waals surface area contributed by atoms with E-state index < -0.39 is 0 Å². The second-order valence-corrected chi connectivity index (χ2v) is 5.96. The summed E-state index contributed by atoms with van der Waals surface area (Å²) in [5.74, 6) is 3.00. The second kappa shape index (κ2) is 3.93. The van der Waals surface area contributed by atoms with Gasteiger partial charge >= 0.3 is 0 Å². The lowest BCUT2D eigenvalue weighted by Gasteiger charge is -2.19. The first kappa shape index (κ1) is 10.8. The molecule has 3 fully saturated rings. The van der Waals surface area contributed by atoms with E-state index in [2.05, 4.69) is 27.3 Å². The van der Waals surface area contributed by atoms with E-state index in [1.165, 1.54) is 25.1 Å². The average molecular weight is 245 g/mol. The van der Waals surface area contributed by atoms with Gasteiger partial charge in [0.2, 0.25) is 0 Å². The first-order chi connectivity index (χ1) is 8.79. The average Bonchev–Trinajstić information content (AvgIpc) is 2.82. The topological polar surface area (TPSA) is 48.4 Å². The van der Waals surface area contributed by atoms with Crippen LogP contribution in [0, 0.1) is 11.8 Å². The molecule has 0 amide bonds. The fraction of sp³-hybridized carbons (Fsp3) is 0.643. The summed E-state index contributed by atoms with van der Waals surface area (Å²) in [5, 5.41) is 12.9. The zero-order valence-electron chi connectivity index (χ0n) is 10.4. The Labute approximate surface area is 107 Å². The first-order valence-electron chi connectivity index (χ1n) is 6.92. The number of anilines is 1. The van der Waals surface area contributed by atoms with Crippen molar-refractivity contribution in [3.05, 3.63) is 23.9 Å². The zero-order chi connectivity index (χ0) is 12.1. The largest absolute Gasteiger partial charge is 0.392 e. The molecule has 0 bridgehead atoms. The van der Waals surface area contributed by atoms with Crippen molar-refractivity contribution >= 4 is 5.82 Å². The Morgan fingerprint density at radius 2 is 2.06 bits per heavy atom. The number of pyridine rings is 1. The van der Waals surface area contributed by atoms with Gasteiger partial charge in [-0.25, -0.2) is 4.98 Å². The van der Waals surface area contributed by atoms with Gasteiger partial charge in [-0.1, -0.05) is 6.07 Å². The number of aliphatic hydroxyl groups excluding tert-OH is 1. The predicted molar refractivity (Wildman–Crippen MR) is 69.4 cm³/mol. The molecule has 0 spiro atoms. The molecular formula is C14H19N3O. The van der Waals surface area contributed by atoms with E-state index in [4.69, 9.17) is 0 Å². The van der Waals surface area contributed by atoms with Crippen LogP contribution in [0.4, 0.5) is 5.82 Å². The van der Waals surface area contributed by atoms with Crippen LogP contribution in [0.2, 0.25) is 0 Å². The van der Waals surface area contributed by atoms with Crippen molar-refractivity contribution < 1.29 is 5.11 Å². The van der Waals surface area contributed by atoms with Gasteiger partial charge in [-0.3, -0.25) is 0 Å². The van der Waals surface area contributed by atoms with Crippen LogP contribution in [0.1, 0.15) is 24.4 Å². The Morgan fingerprint density at radius 1 is 1.22 bits per heavy atom. The zero-order valence-corrected chi connectivity index (χ0v) is 10.4. The van der Waals surface area contributed by atoms with Gasteiger partial charge in [-0.2, -0.15) is 0 Å². The normalized spacial score (nSPS) is 37.9. The minimum atomic E-state index is -0.208. The van der Waals surface area contributed by atoms with Gasteiger partial charge in [-0.05, 0) is 36.3 Å². The molecule has 1 aromatic rings. The van der Waals surface area contributed by atoms with Gasteiger partial charge in [0, 0.05) is 31.9 Å². The Kier molecular flexibility index (Phi) is 2.35. The highest BCUT2D eigenvalue weighted by atomic mass is 16.3. The number of nitrogens with zero attached hydrogens (tertiary/aromatic N) is 2. The number of hydrogen-bond donors (Lipinski definition) is 2. The third-order valence-electron chi connectivity index (χ3n) is 4.58. The van der Waals surface area contributed by atoms with Crippen molar-refractivity contribution in [3.8, 4) is 0 Å². The van der Waals surface area contributed by atoms with E-state index in [-0.39, 0.29) is 12.1 Å². The predicted octanol–water partition coefficient (Wildman–Crippen LogP) is 0.933. The lowest BCUT2D eigenvalue weighted by molar-refractivity contribution is 0.193. The number of hydrogen-bond acceptors (Lipinski definition) is 4. The molecular weight excluding hydrogens is 226 g/mol. The fourth-order valence-corrected chi connectivity index (χ4v) is 3.35. The maximum atomic E-state index is 9.53. The Hall–Kier alpha value is -1.13. The quantitative estimate of drug-likeness (QED) is 0.814. The number of aliphatic hydroxyl groups is 1. The molecule has 1 aromatic heterocycles. The molecule has 18 heavy (non-hydrogen) atoms. The van der Waals surface area contributed by atoms with Crippen LogP contribution in [-0.4, -0.2) is 35.8 Å². The number of rotatable bonds is 2. The highest BCUT2D eigenvalue weighted by Crippen LogP contribution is 2.45. The van der Waals surface area contributed by atoms with E-state index in [9.17, 15) is 5.11 Å². The van der Waals surface area contributed by atoms with Gasteiger partial charge in [0.1, 0.15) is 5.82 Å². The molecule has 2 N–H and O–H groups in total. The van der Waals surface area contributed by atoms with Gasteiger partial charge in [-0.15, -0.1) is 0 Å². The molecule has 4 nitrogen and oxygen atoms in total. The second-order valence-electron chi connectivity index (χ2n) is 5.96. The lowest BCUT2D eigenvalue weighted by atomic mass is 10.1. The summed E-state index contributed by atoms with van der Waals surface area (Å²) < 4.78 is 0. The highest BCUT2D eigenvalue weighted by molar-refractivity contribution is 5.42. The molecule has 1 aliphatic carbocycles. The maximum Gasteiger partial charge on any atom is 0.128 e.